The molecule has 0 aromatic heterocycles. The molecule has 0 bridgehead atoms. The molecule has 2 aromatic carbocycles. The van der Waals surface area contributed by atoms with Crippen molar-refractivity contribution < 1.29 is 13.2 Å². The molecule has 0 radical (unpaired) electrons. The summed E-state index contributed by atoms with van der Waals surface area (Å²) in [6, 6.07) is 19.1. The molecule has 2 aromatic rings. The van der Waals surface area contributed by atoms with Gasteiger partial charge in [0.2, 0.25) is 15.9 Å². The molecule has 5 nitrogen and oxygen atoms in total. The SMILES string of the molecule is O=C(CCS(=O)(=O)N1CCCC1)N(Cc1ccccc1)c1ccccc1. The Labute approximate surface area is 155 Å². The molecule has 0 saturated carbocycles. The summed E-state index contributed by atoms with van der Waals surface area (Å²) in [5.74, 6) is -0.313. The Morgan fingerprint density at radius 2 is 1.50 bits per heavy atom. The number of para-hydroxylation sites is 1. The van der Waals surface area contributed by atoms with Crippen LogP contribution in [0.1, 0.15) is 24.8 Å². The molecule has 1 aliphatic rings. The van der Waals surface area contributed by atoms with Crippen LogP contribution in [0.3, 0.4) is 0 Å². The number of carbonyl (C=O) groups is 1. The lowest BCUT2D eigenvalue weighted by molar-refractivity contribution is -0.118. The van der Waals surface area contributed by atoms with E-state index in [-0.39, 0.29) is 18.1 Å². The monoisotopic (exact) mass is 372 g/mol. The van der Waals surface area contributed by atoms with Gasteiger partial charge in [0.05, 0.1) is 12.3 Å². The van der Waals surface area contributed by atoms with Gasteiger partial charge in [0.1, 0.15) is 0 Å². The lowest BCUT2D eigenvalue weighted by Crippen LogP contribution is -2.35. The first-order valence-electron chi connectivity index (χ1n) is 8.93. The first-order chi connectivity index (χ1) is 12.6. The van der Waals surface area contributed by atoms with E-state index in [4.69, 9.17) is 0 Å². The van der Waals surface area contributed by atoms with Crippen molar-refractivity contribution in [3.8, 4) is 0 Å². The van der Waals surface area contributed by atoms with E-state index in [0.29, 0.717) is 19.6 Å². The van der Waals surface area contributed by atoms with E-state index in [9.17, 15) is 13.2 Å². The quantitative estimate of drug-likeness (QED) is 0.751. The molecule has 138 valence electrons. The first-order valence-corrected chi connectivity index (χ1v) is 10.5. The van der Waals surface area contributed by atoms with Crippen LogP contribution in [0.2, 0.25) is 0 Å². The first kappa shape index (κ1) is 18.6. The Morgan fingerprint density at radius 3 is 2.12 bits per heavy atom. The Bertz CT molecular complexity index is 817. The summed E-state index contributed by atoms with van der Waals surface area (Å²) in [6.07, 6.45) is 1.79. The van der Waals surface area contributed by atoms with E-state index in [2.05, 4.69) is 0 Å². The van der Waals surface area contributed by atoms with E-state index >= 15 is 0 Å². The average Bonchev–Trinajstić information content (AvgIpc) is 3.22. The molecule has 1 saturated heterocycles. The van der Waals surface area contributed by atoms with Crippen LogP contribution in [-0.2, 0) is 21.4 Å². The molecular formula is C20H24N2O3S. The van der Waals surface area contributed by atoms with E-state index in [1.54, 1.807) is 4.90 Å². The van der Waals surface area contributed by atoms with Crippen LogP contribution in [0, 0.1) is 0 Å². The van der Waals surface area contributed by atoms with Crippen molar-refractivity contribution in [1.82, 2.24) is 4.31 Å². The van der Waals surface area contributed by atoms with Gasteiger partial charge in [-0.05, 0) is 30.5 Å². The third-order valence-electron chi connectivity index (χ3n) is 4.58. The predicted molar refractivity (Wildman–Crippen MR) is 103 cm³/mol. The Hall–Kier alpha value is -2.18. The molecule has 3 rings (SSSR count). The van der Waals surface area contributed by atoms with Gasteiger partial charge in [-0.15, -0.1) is 0 Å². The smallest absolute Gasteiger partial charge is 0.228 e. The van der Waals surface area contributed by atoms with Gasteiger partial charge in [0.25, 0.3) is 0 Å². The minimum absolute atomic E-state index is 0.0133. The van der Waals surface area contributed by atoms with Crippen molar-refractivity contribution in [1.29, 1.82) is 0 Å². The molecule has 1 heterocycles. The van der Waals surface area contributed by atoms with Crippen LogP contribution in [0.15, 0.2) is 60.7 Å². The average molecular weight is 372 g/mol. The summed E-state index contributed by atoms with van der Waals surface area (Å²) < 4.78 is 26.3. The zero-order valence-corrected chi connectivity index (χ0v) is 15.6. The summed E-state index contributed by atoms with van der Waals surface area (Å²) in [4.78, 5) is 14.5. The van der Waals surface area contributed by atoms with Crippen LogP contribution in [-0.4, -0.2) is 37.5 Å². The molecular weight excluding hydrogens is 348 g/mol. The minimum atomic E-state index is -3.36. The second-order valence-corrected chi connectivity index (χ2v) is 8.56. The largest absolute Gasteiger partial charge is 0.308 e. The fraction of sp³-hybridized carbons (Fsp3) is 0.350. The standard InChI is InChI=1S/C20H24N2O3S/c23-20(13-16-26(24,25)21-14-7-8-15-21)22(19-11-5-2-6-12-19)17-18-9-3-1-4-10-18/h1-6,9-12H,7-8,13-17H2. The number of sulfonamides is 1. The Balaban J connectivity index is 1.72. The lowest BCUT2D eigenvalue weighted by Gasteiger charge is -2.24. The number of hydrogen-bond donors (Lipinski definition) is 0. The normalized spacial score (nSPS) is 15.1. The molecule has 1 fully saturated rings. The van der Waals surface area contributed by atoms with Gasteiger partial charge in [-0.1, -0.05) is 48.5 Å². The second-order valence-electron chi connectivity index (χ2n) is 6.47. The molecule has 0 N–H and O–H groups in total. The number of benzene rings is 2. The van der Waals surface area contributed by atoms with Crippen molar-refractivity contribution in [2.75, 3.05) is 23.7 Å². The predicted octanol–water partition coefficient (Wildman–Crippen LogP) is 3.04. The van der Waals surface area contributed by atoms with E-state index in [0.717, 1.165) is 24.1 Å². The fourth-order valence-corrected chi connectivity index (χ4v) is 4.65. The molecule has 0 atom stereocenters. The van der Waals surface area contributed by atoms with Crippen molar-refractivity contribution in [3.05, 3.63) is 66.2 Å². The van der Waals surface area contributed by atoms with Gasteiger partial charge in [0, 0.05) is 25.2 Å². The number of hydrogen-bond acceptors (Lipinski definition) is 3. The Kier molecular flexibility index (Phi) is 6.06. The highest BCUT2D eigenvalue weighted by molar-refractivity contribution is 7.89. The topological polar surface area (TPSA) is 57.7 Å². The van der Waals surface area contributed by atoms with Crippen LogP contribution >= 0.6 is 0 Å². The molecule has 0 spiro atoms. The fourth-order valence-electron chi connectivity index (χ4n) is 3.14. The molecule has 1 aliphatic heterocycles. The minimum Gasteiger partial charge on any atom is -0.308 e. The lowest BCUT2D eigenvalue weighted by atomic mass is 10.2. The summed E-state index contributed by atoms with van der Waals surface area (Å²) >= 11 is 0. The van der Waals surface area contributed by atoms with Gasteiger partial charge in [0.15, 0.2) is 0 Å². The van der Waals surface area contributed by atoms with E-state index in [1.807, 2.05) is 60.7 Å². The third-order valence-corrected chi connectivity index (χ3v) is 6.46. The maximum atomic E-state index is 12.9. The van der Waals surface area contributed by atoms with Crippen LogP contribution in [0.4, 0.5) is 5.69 Å². The summed E-state index contributed by atoms with van der Waals surface area (Å²) in [5, 5.41) is 0. The zero-order chi connectivity index (χ0) is 18.4. The number of nitrogens with zero attached hydrogens (tertiary/aromatic N) is 2. The summed E-state index contributed by atoms with van der Waals surface area (Å²) in [7, 11) is -3.36. The maximum absolute atomic E-state index is 12.9. The van der Waals surface area contributed by atoms with Gasteiger partial charge in [-0.25, -0.2) is 12.7 Å². The van der Waals surface area contributed by atoms with Gasteiger partial charge in [-0.2, -0.15) is 0 Å². The van der Waals surface area contributed by atoms with E-state index < -0.39 is 10.0 Å². The van der Waals surface area contributed by atoms with Crippen molar-refractivity contribution in [2.24, 2.45) is 0 Å². The van der Waals surface area contributed by atoms with Crippen molar-refractivity contribution in [2.45, 2.75) is 25.8 Å². The van der Waals surface area contributed by atoms with E-state index in [1.165, 1.54) is 4.31 Å². The number of amides is 1. The van der Waals surface area contributed by atoms with Gasteiger partial charge >= 0.3 is 0 Å². The number of carbonyl (C=O) groups excluding carboxylic acids is 1. The second kappa shape index (κ2) is 8.47. The van der Waals surface area contributed by atoms with Crippen LogP contribution < -0.4 is 4.90 Å². The zero-order valence-electron chi connectivity index (χ0n) is 14.8. The maximum Gasteiger partial charge on any atom is 0.228 e. The van der Waals surface area contributed by atoms with Crippen LogP contribution in [0.5, 0.6) is 0 Å². The molecule has 1 amide bonds. The third kappa shape index (κ3) is 4.71. The number of anilines is 1. The molecule has 6 heteroatoms. The van der Waals surface area contributed by atoms with Crippen LogP contribution in [0.25, 0.3) is 0 Å². The summed E-state index contributed by atoms with van der Waals surface area (Å²) in [5.41, 5.74) is 1.78. The molecule has 0 aliphatic carbocycles. The highest BCUT2D eigenvalue weighted by Crippen LogP contribution is 2.19. The van der Waals surface area contributed by atoms with Crippen molar-refractivity contribution >= 4 is 21.6 Å². The summed E-state index contributed by atoms with van der Waals surface area (Å²) in [6.45, 7) is 1.57. The molecule has 26 heavy (non-hydrogen) atoms. The number of rotatable bonds is 7. The van der Waals surface area contributed by atoms with Crippen molar-refractivity contribution in [3.63, 3.8) is 0 Å². The van der Waals surface area contributed by atoms with Gasteiger partial charge < -0.3 is 4.90 Å². The van der Waals surface area contributed by atoms with Gasteiger partial charge in [-0.3, -0.25) is 4.79 Å². The molecule has 0 unspecified atom stereocenters. The highest BCUT2D eigenvalue weighted by Gasteiger charge is 2.27. The highest BCUT2D eigenvalue weighted by atomic mass is 32.2. The Morgan fingerprint density at radius 1 is 0.923 bits per heavy atom.